The summed E-state index contributed by atoms with van der Waals surface area (Å²) in [6, 6.07) is 0. The molecular formula is C6H8Cl2. The van der Waals surface area contributed by atoms with Gasteiger partial charge in [0.1, 0.15) is 0 Å². The molecule has 0 nitrogen and oxygen atoms in total. The number of allylic oxidation sites excluding steroid dienone is 4. The van der Waals surface area contributed by atoms with Gasteiger partial charge in [-0.05, 0) is 0 Å². The van der Waals surface area contributed by atoms with Crippen LogP contribution in [0.4, 0.5) is 0 Å². The van der Waals surface area contributed by atoms with E-state index in [1.807, 2.05) is 24.3 Å². The first-order valence-corrected chi connectivity index (χ1v) is 3.42. The van der Waals surface area contributed by atoms with Crippen molar-refractivity contribution in [2.75, 3.05) is 11.8 Å². The van der Waals surface area contributed by atoms with E-state index in [4.69, 9.17) is 23.2 Å². The van der Waals surface area contributed by atoms with Gasteiger partial charge in [-0.1, -0.05) is 24.3 Å². The number of rotatable bonds is 3. The molecule has 0 atom stereocenters. The summed E-state index contributed by atoms with van der Waals surface area (Å²) in [7, 11) is 0. The van der Waals surface area contributed by atoms with Crippen LogP contribution in [0.3, 0.4) is 0 Å². The van der Waals surface area contributed by atoms with Crippen molar-refractivity contribution in [3.8, 4) is 0 Å². The normalized spacial score (nSPS) is 11.8. The highest BCUT2D eigenvalue weighted by Gasteiger charge is 1.64. The predicted octanol–water partition coefficient (Wildman–Crippen LogP) is 2.58. The lowest BCUT2D eigenvalue weighted by molar-refractivity contribution is 1.69. The Kier molecular flexibility index (Phi) is 7.11. The van der Waals surface area contributed by atoms with Crippen LogP contribution in [0.1, 0.15) is 0 Å². The second-order valence-electron chi connectivity index (χ2n) is 1.16. The van der Waals surface area contributed by atoms with Gasteiger partial charge in [0.05, 0.1) is 0 Å². The summed E-state index contributed by atoms with van der Waals surface area (Å²) in [4.78, 5) is 0. The van der Waals surface area contributed by atoms with Crippen LogP contribution >= 0.6 is 23.2 Å². The Balaban J connectivity index is 3.13. The second kappa shape index (κ2) is 7.06. The molecular weight excluding hydrogens is 143 g/mol. The van der Waals surface area contributed by atoms with E-state index < -0.39 is 0 Å². The number of halogens is 2. The average Bonchev–Trinajstić information content (AvgIpc) is 1.81. The molecule has 0 saturated carbocycles. The van der Waals surface area contributed by atoms with Crippen molar-refractivity contribution in [3.05, 3.63) is 24.3 Å². The van der Waals surface area contributed by atoms with Gasteiger partial charge >= 0.3 is 0 Å². The van der Waals surface area contributed by atoms with E-state index in [0.717, 1.165) is 0 Å². The molecule has 0 fully saturated rings. The fraction of sp³-hybridized carbons (Fsp3) is 0.333. The minimum atomic E-state index is 0.562. The predicted molar refractivity (Wildman–Crippen MR) is 39.7 cm³/mol. The van der Waals surface area contributed by atoms with Gasteiger partial charge in [0.15, 0.2) is 0 Å². The van der Waals surface area contributed by atoms with E-state index in [2.05, 4.69) is 0 Å². The summed E-state index contributed by atoms with van der Waals surface area (Å²) >= 11 is 10.7. The fourth-order valence-corrected chi connectivity index (χ4v) is 0.466. The maximum atomic E-state index is 5.33. The van der Waals surface area contributed by atoms with Crippen LogP contribution in [0, 0.1) is 0 Å². The van der Waals surface area contributed by atoms with Crippen molar-refractivity contribution in [2.45, 2.75) is 0 Å². The molecule has 0 amide bonds. The summed E-state index contributed by atoms with van der Waals surface area (Å²) in [5.41, 5.74) is 0. The van der Waals surface area contributed by atoms with Gasteiger partial charge in [0, 0.05) is 11.8 Å². The topological polar surface area (TPSA) is 0 Å². The van der Waals surface area contributed by atoms with Gasteiger partial charge < -0.3 is 0 Å². The maximum absolute atomic E-state index is 5.33. The molecule has 0 aromatic heterocycles. The standard InChI is InChI=1S/C6H8Cl2/c7-5-3-1-2-4-6-8/h1-4H,5-6H2/b3-1+,4-2+. The highest BCUT2D eigenvalue weighted by atomic mass is 35.5. The fourth-order valence-electron chi connectivity index (χ4n) is 0.260. The van der Waals surface area contributed by atoms with Crippen molar-refractivity contribution in [2.24, 2.45) is 0 Å². The third kappa shape index (κ3) is 6.06. The summed E-state index contributed by atoms with van der Waals surface area (Å²) in [6.45, 7) is 0. The lowest BCUT2D eigenvalue weighted by Crippen LogP contribution is -1.58. The molecule has 46 valence electrons. The molecule has 0 spiro atoms. The molecule has 0 bridgehead atoms. The molecule has 0 rings (SSSR count). The zero-order chi connectivity index (χ0) is 6.24. The largest absolute Gasteiger partial charge is 0.122 e. The Bertz CT molecular complexity index is 72.5. The quantitative estimate of drug-likeness (QED) is 0.429. The van der Waals surface area contributed by atoms with Gasteiger partial charge in [0.2, 0.25) is 0 Å². The number of alkyl halides is 2. The summed E-state index contributed by atoms with van der Waals surface area (Å²) in [5.74, 6) is 1.12. The lowest BCUT2D eigenvalue weighted by atomic mass is 10.5. The minimum absolute atomic E-state index is 0.562. The van der Waals surface area contributed by atoms with E-state index in [0.29, 0.717) is 11.8 Å². The molecule has 0 radical (unpaired) electrons. The second-order valence-corrected chi connectivity index (χ2v) is 1.78. The van der Waals surface area contributed by atoms with E-state index >= 15 is 0 Å². The molecule has 0 aromatic carbocycles. The molecule has 0 heterocycles. The third-order valence-electron chi connectivity index (χ3n) is 0.561. The highest BCUT2D eigenvalue weighted by Crippen LogP contribution is 1.82. The van der Waals surface area contributed by atoms with Crippen molar-refractivity contribution in [3.63, 3.8) is 0 Å². The van der Waals surface area contributed by atoms with Crippen LogP contribution in [-0.2, 0) is 0 Å². The van der Waals surface area contributed by atoms with Crippen LogP contribution in [0.5, 0.6) is 0 Å². The molecule has 0 N–H and O–H groups in total. The molecule has 0 unspecified atom stereocenters. The summed E-state index contributed by atoms with van der Waals surface area (Å²) < 4.78 is 0. The monoisotopic (exact) mass is 150 g/mol. The van der Waals surface area contributed by atoms with Crippen LogP contribution in [0.15, 0.2) is 24.3 Å². The van der Waals surface area contributed by atoms with Gasteiger partial charge in [0.25, 0.3) is 0 Å². The van der Waals surface area contributed by atoms with Crippen molar-refractivity contribution in [1.82, 2.24) is 0 Å². The maximum Gasteiger partial charge on any atom is 0.0407 e. The Morgan fingerprint density at radius 3 is 1.50 bits per heavy atom. The van der Waals surface area contributed by atoms with Gasteiger partial charge in [-0.25, -0.2) is 0 Å². The first-order valence-electron chi connectivity index (χ1n) is 2.35. The van der Waals surface area contributed by atoms with Gasteiger partial charge in [-0.15, -0.1) is 23.2 Å². The Morgan fingerprint density at radius 2 is 1.25 bits per heavy atom. The van der Waals surface area contributed by atoms with Gasteiger partial charge in [-0.2, -0.15) is 0 Å². The zero-order valence-corrected chi connectivity index (χ0v) is 5.99. The Labute approximate surface area is 59.8 Å². The third-order valence-corrected chi connectivity index (χ3v) is 0.918. The van der Waals surface area contributed by atoms with Crippen LogP contribution < -0.4 is 0 Å². The SMILES string of the molecule is ClC/C=C/C=C/CCl. The zero-order valence-electron chi connectivity index (χ0n) is 4.48. The van der Waals surface area contributed by atoms with E-state index in [-0.39, 0.29) is 0 Å². The Hall–Kier alpha value is 0.0600. The summed E-state index contributed by atoms with van der Waals surface area (Å²) in [6.07, 6.45) is 7.44. The van der Waals surface area contributed by atoms with Crippen molar-refractivity contribution in [1.29, 1.82) is 0 Å². The minimum Gasteiger partial charge on any atom is -0.122 e. The Morgan fingerprint density at radius 1 is 0.875 bits per heavy atom. The first kappa shape index (κ1) is 8.06. The smallest absolute Gasteiger partial charge is 0.0407 e. The van der Waals surface area contributed by atoms with Crippen LogP contribution in [0.25, 0.3) is 0 Å². The van der Waals surface area contributed by atoms with Crippen molar-refractivity contribution < 1.29 is 0 Å². The molecule has 2 heteroatoms. The molecule has 0 aliphatic heterocycles. The first-order chi connectivity index (χ1) is 3.91. The average molecular weight is 151 g/mol. The van der Waals surface area contributed by atoms with Crippen LogP contribution in [0.2, 0.25) is 0 Å². The van der Waals surface area contributed by atoms with Gasteiger partial charge in [-0.3, -0.25) is 0 Å². The summed E-state index contributed by atoms with van der Waals surface area (Å²) in [5, 5.41) is 0. The molecule has 0 aliphatic carbocycles. The lowest BCUT2D eigenvalue weighted by Gasteiger charge is -1.72. The number of hydrogen-bond donors (Lipinski definition) is 0. The van der Waals surface area contributed by atoms with Crippen LogP contribution in [-0.4, -0.2) is 11.8 Å². The highest BCUT2D eigenvalue weighted by molar-refractivity contribution is 6.19. The molecule has 0 aliphatic rings. The van der Waals surface area contributed by atoms with E-state index in [1.54, 1.807) is 0 Å². The van der Waals surface area contributed by atoms with E-state index in [9.17, 15) is 0 Å². The molecule has 8 heavy (non-hydrogen) atoms. The molecule has 0 saturated heterocycles. The molecule has 0 aromatic rings. The van der Waals surface area contributed by atoms with E-state index in [1.165, 1.54) is 0 Å². The number of hydrogen-bond acceptors (Lipinski definition) is 0. The van der Waals surface area contributed by atoms with Crippen molar-refractivity contribution >= 4 is 23.2 Å².